The van der Waals surface area contributed by atoms with Crippen molar-refractivity contribution in [3.63, 3.8) is 0 Å². The summed E-state index contributed by atoms with van der Waals surface area (Å²) >= 11 is 0. The molecule has 148 valence electrons. The van der Waals surface area contributed by atoms with Gasteiger partial charge in [0, 0.05) is 24.3 Å². The minimum absolute atomic E-state index is 0.0848. The van der Waals surface area contributed by atoms with Crippen molar-refractivity contribution in [1.29, 1.82) is 0 Å². The maximum Gasteiger partial charge on any atom is 0.498 e. The average molecular weight is 376 g/mol. The third kappa shape index (κ3) is 4.61. The fourth-order valence-electron chi connectivity index (χ4n) is 3.41. The van der Waals surface area contributed by atoms with Crippen molar-refractivity contribution in [2.45, 2.75) is 77.1 Å². The van der Waals surface area contributed by atoms with Gasteiger partial charge < -0.3 is 18.8 Å². The van der Waals surface area contributed by atoms with E-state index in [0.29, 0.717) is 18.3 Å². The lowest BCUT2D eigenvalue weighted by molar-refractivity contribution is -0.142. The Balaban J connectivity index is 1.51. The van der Waals surface area contributed by atoms with E-state index in [2.05, 4.69) is 9.97 Å². The first kappa shape index (κ1) is 20.1. The highest BCUT2D eigenvalue weighted by Gasteiger charge is 2.52. The lowest BCUT2D eigenvalue weighted by Crippen LogP contribution is -2.41. The number of ether oxygens (including phenoxy) is 2. The molecule has 2 fully saturated rings. The monoisotopic (exact) mass is 376 g/mol. The molecule has 2 aliphatic rings. The molecule has 1 saturated carbocycles. The molecule has 0 atom stereocenters. The van der Waals surface area contributed by atoms with E-state index in [-0.39, 0.29) is 12.1 Å². The Hall–Kier alpha value is -1.67. The van der Waals surface area contributed by atoms with Crippen LogP contribution in [0.15, 0.2) is 12.4 Å². The van der Waals surface area contributed by atoms with Gasteiger partial charge in [0.25, 0.3) is 0 Å². The fraction of sp³-hybridized carbons (Fsp3) is 0.737. The van der Waals surface area contributed by atoms with Crippen molar-refractivity contribution >= 4 is 18.6 Å². The van der Waals surface area contributed by atoms with E-state index in [1.807, 2.05) is 27.7 Å². The Labute approximate surface area is 161 Å². The number of carbonyl (C=O) groups excluding carboxylic acids is 1. The second-order valence-electron chi connectivity index (χ2n) is 8.43. The zero-order valence-electron chi connectivity index (χ0n) is 16.9. The standard InChI is InChI=1S/C19H29BN2O5/c1-18(2)19(3,4)27-20(26-18)14-11-21-17(22-12-14)25-15-8-6-13(7-9-15)10-16(23)24-5/h11-13,15H,6-10H2,1-5H3/t13-,15+. The highest BCUT2D eigenvalue weighted by molar-refractivity contribution is 6.61. The maximum atomic E-state index is 11.4. The van der Waals surface area contributed by atoms with Crippen LogP contribution in [0.3, 0.4) is 0 Å². The molecule has 0 unspecified atom stereocenters. The zero-order valence-corrected chi connectivity index (χ0v) is 16.9. The average Bonchev–Trinajstić information content (AvgIpc) is 2.85. The van der Waals surface area contributed by atoms with Crippen LogP contribution in [-0.2, 0) is 18.8 Å². The number of carbonyl (C=O) groups is 1. The van der Waals surface area contributed by atoms with E-state index < -0.39 is 18.3 Å². The first-order chi connectivity index (χ1) is 12.7. The van der Waals surface area contributed by atoms with Crippen molar-refractivity contribution in [2.24, 2.45) is 5.92 Å². The first-order valence-electron chi connectivity index (χ1n) is 9.61. The Morgan fingerprint density at radius 1 is 1.11 bits per heavy atom. The number of rotatable bonds is 5. The number of aromatic nitrogens is 2. The number of hydrogen-bond acceptors (Lipinski definition) is 7. The third-order valence-corrected chi connectivity index (χ3v) is 5.92. The van der Waals surface area contributed by atoms with Gasteiger partial charge in [0.2, 0.25) is 0 Å². The summed E-state index contributed by atoms with van der Waals surface area (Å²) in [5, 5.41) is 0. The summed E-state index contributed by atoms with van der Waals surface area (Å²) in [5.74, 6) is 0.241. The van der Waals surface area contributed by atoms with Crippen LogP contribution in [0.1, 0.15) is 59.8 Å². The summed E-state index contributed by atoms with van der Waals surface area (Å²) in [4.78, 5) is 20.0. The van der Waals surface area contributed by atoms with Crippen LogP contribution in [0.5, 0.6) is 6.01 Å². The largest absolute Gasteiger partial charge is 0.498 e. The molecule has 0 amide bonds. The highest BCUT2D eigenvalue weighted by Crippen LogP contribution is 2.36. The molecular formula is C19H29BN2O5. The van der Waals surface area contributed by atoms with Gasteiger partial charge in [-0.25, -0.2) is 9.97 Å². The van der Waals surface area contributed by atoms with Gasteiger partial charge in [-0.2, -0.15) is 0 Å². The second-order valence-corrected chi connectivity index (χ2v) is 8.43. The summed E-state index contributed by atoms with van der Waals surface area (Å²) < 4.78 is 22.7. The molecule has 1 aromatic rings. The Bertz CT molecular complexity index is 641. The molecule has 7 nitrogen and oxygen atoms in total. The topological polar surface area (TPSA) is 79.8 Å². The van der Waals surface area contributed by atoms with Crippen LogP contribution < -0.4 is 10.2 Å². The summed E-state index contributed by atoms with van der Waals surface area (Å²) in [5.41, 5.74) is -0.00600. The molecule has 0 N–H and O–H groups in total. The molecular weight excluding hydrogens is 347 g/mol. The lowest BCUT2D eigenvalue weighted by atomic mass is 9.81. The van der Waals surface area contributed by atoms with Crippen LogP contribution in [-0.4, -0.2) is 47.5 Å². The highest BCUT2D eigenvalue weighted by atomic mass is 16.7. The van der Waals surface area contributed by atoms with Gasteiger partial charge in [-0.05, 0) is 59.3 Å². The van der Waals surface area contributed by atoms with Gasteiger partial charge in [-0.15, -0.1) is 0 Å². The van der Waals surface area contributed by atoms with Crippen LogP contribution in [0.2, 0.25) is 0 Å². The minimum Gasteiger partial charge on any atom is -0.469 e. The predicted molar refractivity (Wildman–Crippen MR) is 101 cm³/mol. The van der Waals surface area contributed by atoms with Crippen molar-refractivity contribution in [1.82, 2.24) is 9.97 Å². The first-order valence-corrected chi connectivity index (χ1v) is 9.61. The molecule has 0 radical (unpaired) electrons. The van der Waals surface area contributed by atoms with Crippen LogP contribution in [0.25, 0.3) is 0 Å². The van der Waals surface area contributed by atoms with Crippen LogP contribution >= 0.6 is 0 Å². The van der Waals surface area contributed by atoms with Crippen molar-refractivity contribution < 1.29 is 23.6 Å². The van der Waals surface area contributed by atoms with Crippen LogP contribution in [0.4, 0.5) is 0 Å². The molecule has 1 aliphatic heterocycles. The van der Waals surface area contributed by atoms with E-state index in [9.17, 15) is 4.79 Å². The quantitative estimate of drug-likeness (QED) is 0.576. The van der Waals surface area contributed by atoms with E-state index in [4.69, 9.17) is 18.8 Å². The van der Waals surface area contributed by atoms with Gasteiger partial charge in [-0.3, -0.25) is 4.79 Å². The number of hydrogen-bond donors (Lipinski definition) is 0. The van der Waals surface area contributed by atoms with E-state index in [1.54, 1.807) is 12.4 Å². The van der Waals surface area contributed by atoms with Gasteiger partial charge in [0.1, 0.15) is 6.10 Å². The molecule has 1 saturated heterocycles. The van der Waals surface area contributed by atoms with Gasteiger partial charge in [0.15, 0.2) is 0 Å². The molecule has 0 bridgehead atoms. The number of nitrogens with zero attached hydrogens (tertiary/aromatic N) is 2. The van der Waals surface area contributed by atoms with Crippen LogP contribution in [0, 0.1) is 5.92 Å². The Morgan fingerprint density at radius 3 is 2.19 bits per heavy atom. The lowest BCUT2D eigenvalue weighted by Gasteiger charge is -2.32. The Morgan fingerprint density at radius 2 is 1.67 bits per heavy atom. The fourth-order valence-corrected chi connectivity index (χ4v) is 3.41. The second kappa shape index (κ2) is 7.76. The van der Waals surface area contributed by atoms with E-state index >= 15 is 0 Å². The van der Waals surface area contributed by atoms with E-state index in [1.165, 1.54) is 7.11 Å². The smallest absolute Gasteiger partial charge is 0.469 e. The summed E-state index contributed by atoms with van der Waals surface area (Å²) in [6.07, 6.45) is 7.66. The minimum atomic E-state index is -0.474. The maximum absolute atomic E-state index is 11.4. The number of methoxy groups -OCH3 is 1. The normalized spacial score (nSPS) is 26.6. The zero-order chi connectivity index (χ0) is 19.7. The van der Waals surface area contributed by atoms with Crippen molar-refractivity contribution in [3.05, 3.63) is 12.4 Å². The van der Waals surface area contributed by atoms with Gasteiger partial charge in [0.05, 0.1) is 18.3 Å². The predicted octanol–water partition coefficient (Wildman–Crippen LogP) is 2.28. The SMILES string of the molecule is COC(=O)C[C@H]1CC[C@@H](Oc2ncc(B3OC(C)(C)C(C)(C)O3)cn2)CC1. The molecule has 3 rings (SSSR count). The molecule has 27 heavy (non-hydrogen) atoms. The molecule has 0 spiro atoms. The summed E-state index contributed by atoms with van der Waals surface area (Å²) in [6, 6.07) is 0.367. The number of esters is 1. The van der Waals surface area contributed by atoms with Crippen molar-refractivity contribution in [3.8, 4) is 6.01 Å². The molecule has 1 aliphatic carbocycles. The summed E-state index contributed by atoms with van der Waals surface area (Å²) in [6.45, 7) is 8.06. The van der Waals surface area contributed by atoms with Gasteiger partial charge >= 0.3 is 19.1 Å². The molecule has 2 heterocycles. The Kier molecular flexibility index (Phi) is 5.77. The molecule has 8 heteroatoms. The summed E-state index contributed by atoms with van der Waals surface area (Å²) in [7, 11) is 0.958. The van der Waals surface area contributed by atoms with Crippen molar-refractivity contribution in [2.75, 3.05) is 7.11 Å². The third-order valence-electron chi connectivity index (χ3n) is 5.92. The molecule has 1 aromatic heterocycles. The van der Waals surface area contributed by atoms with Gasteiger partial charge in [-0.1, -0.05) is 0 Å². The molecule has 0 aromatic carbocycles. The van der Waals surface area contributed by atoms with E-state index in [0.717, 1.165) is 31.1 Å².